The van der Waals surface area contributed by atoms with Gasteiger partial charge in [-0.25, -0.2) is 19.7 Å². The third-order valence-corrected chi connectivity index (χ3v) is 3.63. The van der Waals surface area contributed by atoms with E-state index in [2.05, 4.69) is 32.1 Å². The molecule has 1 N–H and O–H groups in total. The number of hydrogen-bond donors (Lipinski definition) is 1. The fraction of sp³-hybridized carbons (Fsp3) is 0.111. The Balaban J connectivity index is 0.000000224. The second-order valence-electron chi connectivity index (χ2n) is 5.40. The molecule has 0 spiro atoms. The number of carboxylic acids is 1. The summed E-state index contributed by atoms with van der Waals surface area (Å²) in [5, 5.41) is 8.32. The molecule has 1 radical (unpaired) electrons. The number of aromatic nitrogens is 3. The third-order valence-electron chi connectivity index (χ3n) is 3.63. The van der Waals surface area contributed by atoms with Crippen LogP contribution in [0.3, 0.4) is 0 Å². The molecule has 4 rings (SSSR count). The van der Waals surface area contributed by atoms with Crippen LogP contribution in [0.4, 0.5) is 11.6 Å². The summed E-state index contributed by atoms with van der Waals surface area (Å²) in [6.07, 6.45) is 5.07. The number of carbonyl (C=O) groups is 1. The van der Waals surface area contributed by atoms with Gasteiger partial charge in [-0.3, -0.25) is 0 Å². The van der Waals surface area contributed by atoms with Gasteiger partial charge in [-0.05, 0) is 36.4 Å². The van der Waals surface area contributed by atoms with Crippen LogP contribution < -0.4 is 9.62 Å². The van der Waals surface area contributed by atoms with Crippen molar-refractivity contribution in [2.45, 2.75) is 0 Å². The smallest absolute Gasteiger partial charge is 0.394 e. The zero-order valence-electron chi connectivity index (χ0n) is 14.3. The Bertz CT molecular complexity index is 781. The first kappa shape index (κ1) is 20.6. The van der Waals surface area contributed by atoms with Gasteiger partial charge in [-0.15, -0.1) is 0 Å². The van der Waals surface area contributed by atoms with Crippen molar-refractivity contribution in [2.75, 3.05) is 22.7 Å². The van der Waals surface area contributed by atoms with Gasteiger partial charge in [0.1, 0.15) is 17.3 Å². The fourth-order valence-corrected chi connectivity index (χ4v) is 2.38. The molecule has 0 amide bonds. The van der Waals surface area contributed by atoms with E-state index < -0.39 is 5.97 Å². The van der Waals surface area contributed by atoms with Gasteiger partial charge < -0.3 is 14.7 Å². The zero-order chi connectivity index (χ0) is 18.2. The average Bonchev–Trinajstić information content (AvgIpc) is 3.21. The molecule has 0 bridgehead atoms. The van der Waals surface area contributed by atoms with Crippen LogP contribution in [0.5, 0.6) is 0 Å². The van der Waals surface area contributed by atoms with Crippen LogP contribution in [0.2, 0.25) is 0 Å². The van der Waals surface area contributed by atoms with E-state index >= 15 is 0 Å². The predicted molar refractivity (Wildman–Crippen MR) is 100 cm³/mol. The summed E-state index contributed by atoms with van der Waals surface area (Å²) < 4.78 is 0. The van der Waals surface area contributed by atoms with Gasteiger partial charge in [0.25, 0.3) is 0 Å². The summed E-state index contributed by atoms with van der Waals surface area (Å²) in [6, 6.07) is 16.6. The van der Waals surface area contributed by atoms with Gasteiger partial charge in [0.2, 0.25) is 0 Å². The first-order valence-electron chi connectivity index (χ1n) is 8.09. The van der Waals surface area contributed by atoms with E-state index in [1.807, 2.05) is 48.8 Å². The second kappa shape index (κ2) is 10.4. The van der Waals surface area contributed by atoms with E-state index in [9.17, 15) is 4.79 Å². The molecular weight excluding hydrogens is 524 g/mol. The maximum absolute atomic E-state index is 10.1. The Kier molecular flexibility index (Phi) is 7.95. The van der Waals surface area contributed by atoms with Crippen molar-refractivity contribution in [3.8, 4) is 0 Å². The predicted octanol–water partition coefficient (Wildman–Crippen LogP) is 2.11. The number of rotatable bonds is 3. The van der Waals surface area contributed by atoms with Crippen LogP contribution in [0.15, 0.2) is 73.2 Å². The standard InChI is InChI=1S/C12H12BN4.C6H5NO2.Pt/c1-3-7-14-11(5-1)16-9-10-17(13-16)12-6-2-4-8-15-12;8-6(9)5-3-1-2-4-7-5;/h1-8H,9-10H2;1-4H,(H,8,9);. The number of carboxylic acid groups (broad SMARTS) is 1. The summed E-state index contributed by atoms with van der Waals surface area (Å²) in [7, 11) is 2.06. The molecule has 27 heavy (non-hydrogen) atoms. The van der Waals surface area contributed by atoms with E-state index in [0.717, 1.165) is 24.7 Å². The van der Waals surface area contributed by atoms with Gasteiger partial charge in [-0.1, -0.05) is 18.2 Å². The van der Waals surface area contributed by atoms with Crippen molar-refractivity contribution in [3.63, 3.8) is 0 Å². The van der Waals surface area contributed by atoms with Crippen molar-refractivity contribution >= 4 is 25.2 Å². The molecule has 0 aliphatic carbocycles. The molecule has 139 valence electrons. The Morgan fingerprint density at radius 1 is 0.815 bits per heavy atom. The topological polar surface area (TPSA) is 82.4 Å². The normalized spacial score (nSPS) is 12.3. The van der Waals surface area contributed by atoms with Crippen LogP contribution in [0.1, 0.15) is 10.5 Å². The quantitative estimate of drug-likeness (QED) is 0.509. The van der Waals surface area contributed by atoms with Crippen LogP contribution in [-0.4, -0.2) is 46.7 Å². The van der Waals surface area contributed by atoms with E-state index in [1.165, 1.54) is 12.3 Å². The van der Waals surface area contributed by atoms with Crippen molar-refractivity contribution in [1.29, 1.82) is 0 Å². The molecular formula is C18H17BN5O2Pt. The van der Waals surface area contributed by atoms with Gasteiger partial charge in [0.15, 0.2) is 0 Å². The molecule has 0 atom stereocenters. The number of hydrogen-bond acceptors (Lipinski definition) is 6. The van der Waals surface area contributed by atoms with Gasteiger partial charge >= 0.3 is 13.5 Å². The van der Waals surface area contributed by atoms with E-state index in [0.29, 0.717) is 0 Å². The molecule has 0 aromatic carbocycles. The van der Waals surface area contributed by atoms with Crippen LogP contribution in [-0.2, 0) is 21.1 Å². The maximum Gasteiger partial charge on any atom is 0.394 e. The molecule has 7 nitrogen and oxygen atoms in total. The molecule has 0 saturated carbocycles. The molecule has 4 heterocycles. The molecule has 1 aliphatic heterocycles. The van der Waals surface area contributed by atoms with Gasteiger partial charge in [-0.2, -0.15) is 0 Å². The van der Waals surface area contributed by atoms with Crippen molar-refractivity contribution in [1.82, 2.24) is 15.0 Å². The minimum atomic E-state index is -0.990. The molecule has 1 saturated heterocycles. The minimum absolute atomic E-state index is 0. The summed E-state index contributed by atoms with van der Waals surface area (Å²) in [4.78, 5) is 26.7. The van der Waals surface area contributed by atoms with E-state index in [4.69, 9.17) is 5.11 Å². The molecule has 1 fully saturated rings. The number of aromatic carboxylic acids is 1. The summed E-state index contributed by atoms with van der Waals surface area (Å²) in [6.45, 7) is 1.88. The van der Waals surface area contributed by atoms with Crippen LogP contribution >= 0.6 is 0 Å². The largest absolute Gasteiger partial charge is 0.477 e. The number of nitrogens with zero attached hydrogens (tertiary/aromatic N) is 5. The minimum Gasteiger partial charge on any atom is -0.477 e. The third kappa shape index (κ3) is 5.89. The van der Waals surface area contributed by atoms with Crippen molar-refractivity contribution in [3.05, 3.63) is 78.9 Å². The molecule has 3 aromatic rings. The number of pyridine rings is 3. The van der Waals surface area contributed by atoms with E-state index in [1.54, 1.807) is 12.1 Å². The van der Waals surface area contributed by atoms with Crippen molar-refractivity contribution in [2.24, 2.45) is 0 Å². The van der Waals surface area contributed by atoms with Crippen molar-refractivity contribution < 1.29 is 31.0 Å². The van der Waals surface area contributed by atoms with Crippen LogP contribution in [0, 0.1) is 0 Å². The Hall–Kier alpha value is -2.73. The van der Waals surface area contributed by atoms with Gasteiger partial charge in [0.05, 0.1) is 0 Å². The summed E-state index contributed by atoms with van der Waals surface area (Å²) >= 11 is 0. The Labute approximate surface area is 172 Å². The first-order valence-corrected chi connectivity index (χ1v) is 8.09. The maximum atomic E-state index is 10.1. The number of anilines is 2. The summed E-state index contributed by atoms with van der Waals surface area (Å²) in [5.74, 6) is 0.965. The monoisotopic (exact) mass is 541 g/mol. The SMILES string of the molecule is O=C(O)c1ccccn1.[B]1N(c2ccccn2)CCN1c1ccccn1.[Pt]. The zero-order valence-corrected chi connectivity index (χ0v) is 16.6. The van der Waals surface area contributed by atoms with Gasteiger partial charge in [0, 0.05) is 52.7 Å². The summed E-state index contributed by atoms with van der Waals surface area (Å²) in [5.41, 5.74) is 0.0810. The second-order valence-corrected chi connectivity index (χ2v) is 5.40. The van der Waals surface area contributed by atoms with E-state index in [-0.39, 0.29) is 26.8 Å². The Morgan fingerprint density at radius 3 is 1.63 bits per heavy atom. The first-order chi connectivity index (χ1) is 12.7. The Morgan fingerprint density at radius 2 is 1.30 bits per heavy atom. The molecule has 0 unspecified atom stereocenters. The molecule has 9 heteroatoms. The molecule has 1 aliphatic rings. The molecule has 3 aromatic heterocycles. The average molecular weight is 541 g/mol. The fourth-order valence-electron chi connectivity index (χ4n) is 2.38. The van der Waals surface area contributed by atoms with Crippen LogP contribution in [0.25, 0.3) is 0 Å².